The third-order valence-corrected chi connectivity index (χ3v) is 4.08. The molecule has 0 amide bonds. The summed E-state index contributed by atoms with van der Waals surface area (Å²) in [6, 6.07) is 10.7. The minimum atomic E-state index is 0.362. The van der Waals surface area contributed by atoms with E-state index in [-0.39, 0.29) is 0 Å². The Balaban J connectivity index is 1.74. The standard InChI is InChI=1S/C13H18N2/c14-10-13-6-12(7-13)9-15(13)8-11-4-2-1-3-5-11/h1-5,12H,6-10,14H2. The summed E-state index contributed by atoms with van der Waals surface area (Å²) in [4.78, 5) is 2.59. The number of benzene rings is 1. The van der Waals surface area contributed by atoms with Crippen molar-refractivity contribution in [1.29, 1.82) is 0 Å². The second-order valence-corrected chi connectivity index (χ2v) is 5.07. The lowest BCUT2D eigenvalue weighted by Gasteiger charge is -2.41. The highest BCUT2D eigenvalue weighted by atomic mass is 15.3. The van der Waals surface area contributed by atoms with Crippen molar-refractivity contribution in [3.05, 3.63) is 35.9 Å². The summed E-state index contributed by atoms with van der Waals surface area (Å²) < 4.78 is 0. The fraction of sp³-hybridized carbons (Fsp3) is 0.538. The van der Waals surface area contributed by atoms with E-state index in [0.717, 1.165) is 19.0 Å². The third kappa shape index (κ3) is 1.40. The number of hydrogen-bond acceptors (Lipinski definition) is 2. The van der Waals surface area contributed by atoms with Crippen molar-refractivity contribution in [2.75, 3.05) is 13.1 Å². The molecule has 1 aromatic carbocycles. The molecular weight excluding hydrogens is 184 g/mol. The van der Waals surface area contributed by atoms with E-state index in [0.29, 0.717) is 5.54 Å². The maximum atomic E-state index is 5.91. The number of rotatable bonds is 3. The summed E-state index contributed by atoms with van der Waals surface area (Å²) in [6.07, 6.45) is 2.66. The monoisotopic (exact) mass is 202 g/mol. The Bertz CT molecular complexity index is 341. The third-order valence-electron chi connectivity index (χ3n) is 4.08. The molecule has 4 rings (SSSR count). The molecule has 1 saturated carbocycles. The van der Waals surface area contributed by atoms with Crippen molar-refractivity contribution in [3.8, 4) is 0 Å². The topological polar surface area (TPSA) is 29.3 Å². The first-order valence-corrected chi connectivity index (χ1v) is 5.81. The molecule has 2 saturated heterocycles. The van der Waals surface area contributed by atoms with Crippen molar-refractivity contribution in [3.63, 3.8) is 0 Å². The average Bonchev–Trinajstić information content (AvgIpc) is 2.72. The van der Waals surface area contributed by atoms with Gasteiger partial charge in [-0.25, -0.2) is 0 Å². The lowest BCUT2D eigenvalue weighted by atomic mass is 9.73. The van der Waals surface area contributed by atoms with Crippen LogP contribution in [0.1, 0.15) is 18.4 Å². The van der Waals surface area contributed by atoms with E-state index in [9.17, 15) is 0 Å². The predicted molar refractivity (Wildman–Crippen MR) is 61.4 cm³/mol. The smallest absolute Gasteiger partial charge is 0.0341 e. The Labute approximate surface area is 91.1 Å². The minimum Gasteiger partial charge on any atom is -0.329 e. The number of fused-ring (bicyclic) bond motifs is 1. The van der Waals surface area contributed by atoms with E-state index in [4.69, 9.17) is 5.73 Å². The summed E-state index contributed by atoms with van der Waals surface area (Å²) in [7, 11) is 0. The van der Waals surface area contributed by atoms with Crippen LogP contribution in [0.5, 0.6) is 0 Å². The Morgan fingerprint density at radius 1 is 1.27 bits per heavy atom. The molecular formula is C13H18N2. The van der Waals surface area contributed by atoms with Crippen LogP contribution in [0.3, 0.4) is 0 Å². The molecule has 0 radical (unpaired) electrons. The number of nitrogens with two attached hydrogens (primary N) is 1. The molecule has 2 bridgehead atoms. The van der Waals surface area contributed by atoms with Crippen molar-refractivity contribution < 1.29 is 0 Å². The highest BCUT2D eigenvalue weighted by molar-refractivity contribution is 5.18. The first-order valence-electron chi connectivity index (χ1n) is 5.81. The molecule has 2 aliphatic heterocycles. The molecule has 0 aromatic heterocycles. The van der Waals surface area contributed by atoms with Crippen molar-refractivity contribution in [2.45, 2.75) is 24.9 Å². The zero-order valence-corrected chi connectivity index (χ0v) is 9.02. The van der Waals surface area contributed by atoms with Crippen LogP contribution in [0.15, 0.2) is 30.3 Å². The van der Waals surface area contributed by atoms with Crippen molar-refractivity contribution in [2.24, 2.45) is 11.7 Å². The van der Waals surface area contributed by atoms with Gasteiger partial charge >= 0.3 is 0 Å². The Morgan fingerprint density at radius 3 is 2.67 bits per heavy atom. The first-order chi connectivity index (χ1) is 7.32. The van der Waals surface area contributed by atoms with Crippen molar-refractivity contribution in [1.82, 2.24) is 4.90 Å². The maximum Gasteiger partial charge on any atom is 0.0341 e. The van der Waals surface area contributed by atoms with Crippen LogP contribution in [0.4, 0.5) is 0 Å². The van der Waals surface area contributed by atoms with Crippen LogP contribution < -0.4 is 5.73 Å². The molecule has 80 valence electrons. The Hall–Kier alpha value is -0.860. The van der Waals surface area contributed by atoms with Gasteiger partial charge in [0.05, 0.1) is 0 Å². The fourth-order valence-corrected chi connectivity index (χ4v) is 3.24. The van der Waals surface area contributed by atoms with Crippen LogP contribution in [0, 0.1) is 5.92 Å². The lowest BCUT2D eigenvalue weighted by Crippen LogP contribution is -2.51. The zero-order valence-electron chi connectivity index (χ0n) is 9.02. The molecule has 0 unspecified atom stereocenters. The molecule has 15 heavy (non-hydrogen) atoms. The van der Waals surface area contributed by atoms with Gasteiger partial charge in [-0.15, -0.1) is 0 Å². The van der Waals surface area contributed by atoms with Gasteiger partial charge in [-0.3, -0.25) is 4.90 Å². The molecule has 2 N–H and O–H groups in total. The highest BCUT2D eigenvalue weighted by Crippen LogP contribution is 2.50. The quantitative estimate of drug-likeness (QED) is 0.807. The number of hydrogen-bond donors (Lipinski definition) is 1. The summed E-state index contributed by atoms with van der Waals surface area (Å²) >= 11 is 0. The van der Waals surface area contributed by atoms with Gasteiger partial charge < -0.3 is 5.73 Å². The second-order valence-electron chi connectivity index (χ2n) is 5.07. The molecule has 2 heterocycles. The summed E-state index contributed by atoms with van der Waals surface area (Å²) in [6.45, 7) is 3.16. The molecule has 3 aliphatic rings. The maximum absolute atomic E-state index is 5.91. The van der Waals surface area contributed by atoms with E-state index in [1.807, 2.05) is 0 Å². The lowest BCUT2D eigenvalue weighted by molar-refractivity contribution is 0.111. The van der Waals surface area contributed by atoms with Crippen LogP contribution in [0.2, 0.25) is 0 Å². The van der Waals surface area contributed by atoms with Crippen molar-refractivity contribution >= 4 is 0 Å². The SMILES string of the molecule is NCC12CC(CN1Cc1ccccc1)C2. The summed E-state index contributed by atoms with van der Waals surface area (Å²) in [5.74, 6) is 0.928. The minimum absolute atomic E-state index is 0.362. The van der Waals surface area contributed by atoms with Gasteiger partial charge in [0.15, 0.2) is 0 Å². The molecule has 1 aliphatic carbocycles. The van der Waals surface area contributed by atoms with E-state index in [2.05, 4.69) is 35.2 Å². The van der Waals surface area contributed by atoms with E-state index >= 15 is 0 Å². The Morgan fingerprint density at radius 2 is 2.00 bits per heavy atom. The average molecular weight is 202 g/mol. The molecule has 1 aromatic rings. The van der Waals surface area contributed by atoms with E-state index in [1.165, 1.54) is 24.9 Å². The van der Waals surface area contributed by atoms with Gasteiger partial charge in [-0.1, -0.05) is 30.3 Å². The first kappa shape index (κ1) is 9.37. The molecule has 3 fully saturated rings. The predicted octanol–water partition coefficient (Wildman–Crippen LogP) is 1.61. The summed E-state index contributed by atoms with van der Waals surface area (Å²) in [5, 5.41) is 0. The largest absolute Gasteiger partial charge is 0.329 e. The normalized spacial score (nSPS) is 34.1. The second kappa shape index (κ2) is 3.32. The van der Waals surface area contributed by atoms with Gasteiger partial charge in [0.2, 0.25) is 0 Å². The molecule has 0 spiro atoms. The van der Waals surface area contributed by atoms with Crippen LogP contribution in [-0.2, 0) is 6.54 Å². The molecule has 2 heteroatoms. The van der Waals surface area contributed by atoms with Gasteiger partial charge in [0, 0.05) is 25.2 Å². The van der Waals surface area contributed by atoms with Crippen LogP contribution in [-0.4, -0.2) is 23.5 Å². The molecule has 0 atom stereocenters. The van der Waals surface area contributed by atoms with Crippen LogP contribution in [0.25, 0.3) is 0 Å². The highest BCUT2D eigenvalue weighted by Gasteiger charge is 2.54. The van der Waals surface area contributed by atoms with Crippen LogP contribution >= 0.6 is 0 Å². The van der Waals surface area contributed by atoms with Gasteiger partial charge in [0.25, 0.3) is 0 Å². The molecule has 2 nitrogen and oxygen atoms in total. The van der Waals surface area contributed by atoms with Gasteiger partial charge in [0.1, 0.15) is 0 Å². The zero-order chi connectivity index (χ0) is 10.3. The summed E-state index contributed by atoms with van der Waals surface area (Å²) in [5.41, 5.74) is 7.68. The van der Waals surface area contributed by atoms with Gasteiger partial charge in [-0.2, -0.15) is 0 Å². The fourth-order valence-electron chi connectivity index (χ4n) is 3.24. The van der Waals surface area contributed by atoms with Gasteiger partial charge in [-0.05, 0) is 24.3 Å². The van der Waals surface area contributed by atoms with E-state index in [1.54, 1.807) is 0 Å². The van der Waals surface area contributed by atoms with E-state index < -0.39 is 0 Å². The number of nitrogens with zero attached hydrogens (tertiary/aromatic N) is 1. The Kier molecular flexibility index (Phi) is 2.08.